The standard InChI is InChI=1S/C15H22N2O3S/c1-10(2)17-13(18)12(14(19)20-3)8-16-15(17)21-9-11-6-4-5-7-11/h8,10-11H,4-7,9H2,1-3H3. The third kappa shape index (κ3) is 3.67. The number of hydrogen-bond donors (Lipinski definition) is 0. The predicted octanol–water partition coefficient (Wildman–Crippen LogP) is 2.89. The Morgan fingerprint density at radius 2 is 2.14 bits per heavy atom. The zero-order valence-electron chi connectivity index (χ0n) is 12.8. The van der Waals surface area contributed by atoms with Gasteiger partial charge in [-0.25, -0.2) is 9.78 Å². The summed E-state index contributed by atoms with van der Waals surface area (Å²) < 4.78 is 6.22. The van der Waals surface area contributed by atoms with Gasteiger partial charge < -0.3 is 4.74 Å². The van der Waals surface area contributed by atoms with Crippen LogP contribution in [0.4, 0.5) is 0 Å². The second kappa shape index (κ2) is 7.11. The molecular weight excluding hydrogens is 288 g/mol. The van der Waals surface area contributed by atoms with E-state index in [4.69, 9.17) is 0 Å². The quantitative estimate of drug-likeness (QED) is 0.475. The Bertz CT molecular complexity index is 563. The van der Waals surface area contributed by atoms with Crippen LogP contribution in [0.3, 0.4) is 0 Å². The van der Waals surface area contributed by atoms with E-state index in [1.54, 1.807) is 16.3 Å². The van der Waals surface area contributed by atoms with Crippen LogP contribution in [0.5, 0.6) is 0 Å². The predicted molar refractivity (Wildman–Crippen MR) is 82.9 cm³/mol. The second-order valence-electron chi connectivity index (χ2n) is 5.68. The summed E-state index contributed by atoms with van der Waals surface area (Å²) in [6, 6.07) is -0.0410. The molecule has 1 aliphatic rings. The minimum atomic E-state index is -0.630. The van der Waals surface area contributed by atoms with Crippen molar-refractivity contribution in [1.82, 2.24) is 9.55 Å². The molecule has 116 valence electrons. The Hall–Kier alpha value is -1.30. The highest BCUT2D eigenvalue weighted by Crippen LogP contribution is 2.30. The molecule has 1 aromatic rings. The zero-order valence-corrected chi connectivity index (χ0v) is 13.6. The fraction of sp³-hybridized carbons (Fsp3) is 0.667. The van der Waals surface area contributed by atoms with Gasteiger partial charge in [0.15, 0.2) is 5.16 Å². The van der Waals surface area contributed by atoms with E-state index in [0.717, 1.165) is 5.75 Å². The number of ether oxygens (including phenoxy) is 1. The molecular formula is C15H22N2O3S. The number of carbonyl (C=O) groups excluding carboxylic acids is 1. The lowest BCUT2D eigenvalue weighted by molar-refractivity contribution is 0.0596. The molecule has 0 radical (unpaired) electrons. The fourth-order valence-electron chi connectivity index (χ4n) is 2.64. The van der Waals surface area contributed by atoms with Crippen LogP contribution in [0.25, 0.3) is 0 Å². The van der Waals surface area contributed by atoms with Crippen molar-refractivity contribution in [2.24, 2.45) is 5.92 Å². The summed E-state index contributed by atoms with van der Waals surface area (Å²) >= 11 is 1.61. The number of carbonyl (C=O) groups is 1. The number of esters is 1. The Balaban J connectivity index is 2.26. The molecule has 1 aliphatic carbocycles. The number of rotatable bonds is 5. The van der Waals surface area contributed by atoms with Crippen LogP contribution in [0.1, 0.15) is 55.9 Å². The van der Waals surface area contributed by atoms with E-state index in [1.165, 1.54) is 39.0 Å². The molecule has 0 N–H and O–H groups in total. The maximum Gasteiger partial charge on any atom is 0.345 e. The molecule has 0 aromatic carbocycles. The van der Waals surface area contributed by atoms with Crippen molar-refractivity contribution < 1.29 is 9.53 Å². The van der Waals surface area contributed by atoms with Crippen LogP contribution in [0.2, 0.25) is 0 Å². The topological polar surface area (TPSA) is 61.2 Å². The van der Waals surface area contributed by atoms with Crippen molar-refractivity contribution in [1.29, 1.82) is 0 Å². The van der Waals surface area contributed by atoms with Gasteiger partial charge in [-0.3, -0.25) is 9.36 Å². The molecule has 1 aromatic heterocycles. The van der Waals surface area contributed by atoms with E-state index in [-0.39, 0.29) is 17.2 Å². The fourth-order valence-corrected chi connectivity index (χ4v) is 3.91. The summed E-state index contributed by atoms with van der Waals surface area (Å²) in [7, 11) is 1.27. The van der Waals surface area contributed by atoms with Gasteiger partial charge in [0.05, 0.1) is 13.3 Å². The largest absolute Gasteiger partial charge is 0.465 e. The van der Waals surface area contributed by atoms with Crippen molar-refractivity contribution in [3.8, 4) is 0 Å². The molecule has 5 nitrogen and oxygen atoms in total. The number of aromatic nitrogens is 2. The van der Waals surface area contributed by atoms with Crippen LogP contribution >= 0.6 is 11.8 Å². The monoisotopic (exact) mass is 310 g/mol. The molecule has 0 amide bonds. The molecule has 0 unspecified atom stereocenters. The Labute approximate surface area is 129 Å². The number of nitrogens with zero attached hydrogens (tertiary/aromatic N) is 2. The Morgan fingerprint density at radius 1 is 1.48 bits per heavy atom. The molecule has 0 spiro atoms. The first-order chi connectivity index (χ1) is 10.0. The highest BCUT2D eigenvalue weighted by atomic mass is 32.2. The molecule has 1 fully saturated rings. The molecule has 2 rings (SSSR count). The third-order valence-corrected chi connectivity index (χ3v) is 5.00. The molecule has 0 atom stereocenters. The minimum Gasteiger partial charge on any atom is -0.465 e. The van der Waals surface area contributed by atoms with Crippen molar-refractivity contribution in [3.05, 3.63) is 22.1 Å². The van der Waals surface area contributed by atoms with Crippen LogP contribution in [0, 0.1) is 5.92 Å². The van der Waals surface area contributed by atoms with Gasteiger partial charge in [0.2, 0.25) is 0 Å². The van der Waals surface area contributed by atoms with Gasteiger partial charge in [0, 0.05) is 11.8 Å². The summed E-state index contributed by atoms with van der Waals surface area (Å²) in [4.78, 5) is 28.4. The second-order valence-corrected chi connectivity index (χ2v) is 6.66. The lowest BCUT2D eigenvalue weighted by atomic mass is 10.1. The summed E-state index contributed by atoms with van der Waals surface area (Å²) in [6.07, 6.45) is 6.47. The first-order valence-corrected chi connectivity index (χ1v) is 8.35. The van der Waals surface area contributed by atoms with Gasteiger partial charge in [-0.05, 0) is 32.6 Å². The molecule has 21 heavy (non-hydrogen) atoms. The minimum absolute atomic E-state index is 0.00332. The van der Waals surface area contributed by atoms with Gasteiger partial charge in [-0.2, -0.15) is 0 Å². The summed E-state index contributed by atoms with van der Waals surface area (Å²) in [6.45, 7) is 3.84. The lowest BCUT2D eigenvalue weighted by Crippen LogP contribution is -2.30. The first-order valence-electron chi connectivity index (χ1n) is 7.37. The van der Waals surface area contributed by atoms with Gasteiger partial charge in [0.25, 0.3) is 5.56 Å². The van der Waals surface area contributed by atoms with Gasteiger partial charge in [-0.15, -0.1) is 0 Å². The number of thioether (sulfide) groups is 1. The normalized spacial score (nSPS) is 15.6. The summed E-state index contributed by atoms with van der Waals surface area (Å²) in [5.74, 6) is 1.07. The van der Waals surface area contributed by atoms with E-state index >= 15 is 0 Å². The van der Waals surface area contributed by atoms with E-state index < -0.39 is 5.97 Å². The maximum atomic E-state index is 12.4. The summed E-state index contributed by atoms with van der Waals surface area (Å²) in [5.41, 5.74) is -0.322. The number of hydrogen-bond acceptors (Lipinski definition) is 5. The molecule has 0 aliphatic heterocycles. The Kier molecular flexibility index (Phi) is 5.45. The van der Waals surface area contributed by atoms with Crippen LogP contribution in [0.15, 0.2) is 16.1 Å². The van der Waals surface area contributed by atoms with Gasteiger partial charge in [0.1, 0.15) is 5.56 Å². The molecule has 1 heterocycles. The van der Waals surface area contributed by atoms with Crippen molar-refractivity contribution in [3.63, 3.8) is 0 Å². The van der Waals surface area contributed by atoms with Crippen molar-refractivity contribution in [2.45, 2.75) is 50.7 Å². The third-order valence-electron chi connectivity index (χ3n) is 3.80. The molecule has 6 heteroatoms. The van der Waals surface area contributed by atoms with Crippen molar-refractivity contribution in [2.75, 3.05) is 12.9 Å². The lowest BCUT2D eigenvalue weighted by Gasteiger charge is -2.16. The highest BCUT2D eigenvalue weighted by Gasteiger charge is 2.20. The molecule has 0 bridgehead atoms. The van der Waals surface area contributed by atoms with E-state index in [0.29, 0.717) is 11.1 Å². The van der Waals surface area contributed by atoms with Gasteiger partial charge in [-0.1, -0.05) is 24.6 Å². The molecule has 1 saturated carbocycles. The molecule has 0 saturated heterocycles. The van der Waals surface area contributed by atoms with Crippen molar-refractivity contribution >= 4 is 17.7 Å². The summed E-state index contributed by atoms with van der Waals surface area (Å²) in [5, 5.41) is 0.689. The van der Waals surface area contributed by atoms with Crippen LogP contribution in [-0.2, 0) is 4.74 Å². The smallest absolute Gasteiger partial charge is 0.345 e. The van der Waals surface area contributed by atoms with Gasteiger partial charge >= 0.3 is 5.97 Å². The number of methoxy groups -OCH3 is 1. The Morgan fingerprint density at radius 3 is 2.71 bits per heavy atom. The van der Waals surface area contributed by atoms with Crippen LogP contribution < -0.4 is 5.56 Å². The highest BCUT2D eigenvalue weighted by molar-refractivity contribution is 7.99. The van der Waals surface area contributed by atoms with Crippen LogP contribution in [-0.4, -0.2) is 28.4 Å². The van der Waals surface area contributed by atoms with E-state index in [9.17, 15) is 9.59 Å². The average molecular weight is 310 g/mol. The average Bonchev–Trinajstić information content (AvgIpc) is 2.97. The van der Waals surface area contributed by atoms with E-state index in [2.05, 4.69) is 9.72 Å². The van der Waals surface area contributed by atoms with E-state index in [1.807, 2.05) is 13.8 Å². The SMILES string of the molecule is COC(=O)c1cnc(SCC2CCCC2)n(C(C)C)c1=O. The first kappa shape index (κ1) is 16.1. The zero-order chi connectivity index (χ0) is 15.4. The maximum absolute atomic E-state index is 12.4.